The fraction of sp³-hybridized carbons (Fsp3) is 0.182. The SMILES string of the molecule is Cn1ncc(CNc2ccc([N+](=O)[O-])cc2F)c1N. The minimum atomic E-state index is -0.684. The van der Waals surface area contributed by atoms with Crippen molar-refractivity contribution in [3.05, 3.63) is 45.9 Å². The highest BCUT2D eigenvalue weighted by Gasteiger charge is 2.11. The van der Waals surface area contributed by atoms with E-state index in [9.17, 15) is 14.5 Å². The third-order valence-electron chi connectivity index (χ3n) is 2.70. The summed E-state index contributed by atoms with van der Waals surface area (Å²) in [6.45, 7) is 0.286. The van der Waals surface area contributed by atoms with Crippen molar-refractivity contribution in [2.75, 3.05) is 11.1 Å². The van der Waals surface area contributed by atoms with Gasteiger partial charge in [0.1, 0.15) is 5.82 Å². The number of nitrogens with zero attached hydrogens (tertiary/aromatic N) is 3. The molecule has 0 spiro atoms. The van der Waals surface area contributed by atoms with Gasteiger partial charge in [-0.3, -0.25) is 14.8 Å². The molecule has 7 nitrogen and oxygen atoms in total. The van der Waals surface area contributed by atoms with Crippen LogP contribution in [0.3, 0.4) is 0 Å². The molecule has 19 heavy (non-hydrogen) atoms. The fourth-order valence-electron chi connectivity index (χ4n) is 1.58. The molecule has 0 aliphatic carbocycles. The van der Waals surface area contributed by atoms with E-state index in [4.69, 9.17) is 5.73 Å². The summed E-state index contributed by atoms with van der Waals surface area (Å²) in [6, 6.07) is 3.42. The van der Waals surface area contributed by atoms with Crippen molar-refractivity contribution in [2.24, 2.45) is 7.05 Å². The summed E-state index contributed by atoms with van der Waals surface area (Å²) >= 11 is 0. The minimum Gasteiger partial charge on any atom is -0.384 e. The van der Waals surface area contributed by atoms with Gasteiger partial charge in [-0.25, -0.2) is 4.39 Å². The van der Waals surface area contributed by atoms with E-state index in [0.717, 1.165) is 11.6 Å². The third kappa shape index (κ3) is 2.62. The molecule has 0 saturated carbocycles. The number of halogens is 1. The Morgan fingerprint density at radius 1 is 1.58 bits per heavy atom. The van der Waals surface area contributed by atoms with E-state index in [0.29, 0.717) is 5.82 Å². The van der Waals surface area contributed by atoms with Gasteiger partial charge in [0.15, 0.2) is 5.82 Å². The number of aryl methyl sites for hydroxylation is 1. The molecule has 0 aliphatic rings. The lowest BCUT2D eigenvalue weighted by molar-refractivity contribution is -0.385. The van der Waals surface area contributed by atoms with Gasteiger partial charge in [0.05, 0.1) is 22.9 Å². The van der Waals surface area contributed by atoms with Crippen LogP contribution in [0.25, 0.3) is 0 Å². The number of nitrogens with two attached hydrogens (primary N) is 1. The normalized spacial score (nSPS) is 10.4. The monoisotopic (exact) mass is 265 g/mol. The van der Waals surface area contributed by atoms with Gasteiger partial charge in [0.2, 0.25) is 0 Å². The van der Waals surface area contributed by atoms with Crippen molar-refractivity contribution < 1.29 is 9.31 Å². The zero-order chi connectivity index (χ0) is 14.0. The van der Waals surface area contributed by atoms with Gasteiger partial charge in [-0.15, -0.1) is 0 Å². The summed E-state index contributed by atoms with van der Waals surface area (Å²) in [5, 5.41) is 17.3. The zero-order valence-corrected chi connectivity index (χ0v) is 10.1. The Kier molecular flexibility index (Phi) is 3.32. The number of nitro groups is 1. The van der Waals surface area contributed by atoms with Gasteiger partial charge in [-0.2, -0.15) is 5.10 Å². The molecule has 1 heterocycles. The molecule has 0 aliphatic heterocycles. The maximum Gasteiger partial charge on any atom is 0.272 e. The lowest BCUT2D eigenvalue weighted by Crippen LogP contribution is -2.05. The van der Waals surface area contributed by atoms with Crippen LogP contribution in [0.15, 0.2) is 24.4 Å². The van der Waals surface area contributed by atoms with E-state index in [1.165, 1.54) is 16.8 Å². The van der Waals surface area contributed by atoms with Crippen LogP contribution in [0.5, 0.6) is 0 Å². The number of nitrogen functional groups attached to an aromatic ring is 1. The third-order valence-corrected chi connectivity index (χ3v) is 2.70. The number of hydrogen-bond acceptors (Lipinski definition) is 5. The van der Waals surface area contributed by atoms with E-state index in [1.54, 1.807) is 13.2 Å². The van der Waals surface area contributed by atoms with Crippen LogP contribution >= 0.6 is 0 Å². The summed E-state index contributed by atoms with van der Waals surface area (Å²) < 4.78 is 15.1. The Bertz CT molecular complexity index is 626. The maximum absolute atomic E-state index is 13.6. The highest BCUT2D eigenvalue weighted by atomic mass is 19.1. The second-order valence-electron chi connectivity index (χ2n) is 3.95. The minimum absolute atomic E-state index is 0.175. The molecule has 3 N–H and O–H groups in total. The Labute approximate surface area is 108 Å². The first-order chi connectivity index (χ1) is 8.99. The smallest absolute Gasteiger partial charge is 0.272 e. The Hall–Kier alpha value is -2.64. The number of aromatic nitrogens is 2. The van der Waals surface area contributed by atoms with Gasteiger partial charge in [-0.1, -0.05) is 0 Å². The molecular formula is C11H12FN5O2. The fourth-order valence-corrected chi connectivity index (χ4v) is 1.58. The van der Waals surface area contributed by atoms with Crippen LogP contribution in [-0.2, 0) is 13.6 Å². The summed E-state index contributed by atoms with van der Waals surface area (Å²) in [4.78, 5) is 9.84. The molecule has 100 valence electrons. The van der Waals surface area contributed by atoms with E-state index >= 15 is 0 Å². The summed E-state index contributed by atoms with van der Waals surface area (Å²) in [7, 11) is 1.70. The molecule has 0 radical (unpaired) electrons. The first kappa shape index (κ1) is 12.8. The Morgan fingerprint density at radius 2 is 2.32 bits per heavy atom. The largest absolute Gasteiger partial charge is 0.384 e. The molecule has 0 bridgehead atoms. The number of benzene rings is 1. The predicted molar refractivity (Wildman–Crippen MR) is 68.0 cm³/mol. The summed E-state index contributed by atoms with van der Waals surface area (Å²) in [6.07, 6.45) is 1.58. The second kappa shape index (κ2) is 4.92. The van der Waals surface area contributed by atoms with Crippen molar-refractivity contribution in [1.29, 1.82) is 0 Å². The Balaban J connectivity index is 2.12. The average molecular weight is 265 g/mol. The Morgan fingerprint density at radius 3 is 2.84 bits per heavy atom. The highest BCUT2D eigenvalue weighted by Crippen LogP contribution is 2.21. The van der Waals surface area contributed by atoms with Crippen molar-refractivity contribution in [3.8, 4) is 0 Å². The number of non-ortho nitro benzene ring substituents is 1. The zero-order valence-electron chi connectivity index (χ0n) is 10.1. The van der Waals surface area contributed by atoms with Crippen LogP contribution < -0.4 is 11.1 Å². The number of anilines is 2. The van der Waals surface area contributed by atoms with Crippen LogP contribution in [0.4, 0.5) is 21.6 Å². The topological polar surface area (TPSA) is 99.0 Å². The molecule has 0 amide bonds. The van der Waals surface area contributed by atoms with Crippen molar-refractivity contribution in [2.45, 2.75) is 6.54 Å². The van der Waals surface area contributed by atoms with Crippen molar-refractivity contribution in [1.82, 2.24) is 9.78 Å². The molecule has 0 unspecified atom stereocenters. The molecular weight excluding hydrogens is 253 g/mol. The van der Waals surface area contributed by atoms with Gasteiger partial charge in [0, 0.05) is 25.2 Å². The lowest BCUT2D eigenvalue weighted by atomic mass is 10.2. The molecule has 1 aromatic heterocycles. The molecule has 0 saturated heterocycles. The lowest BCUT2D eigenvalue weighted by Gasteiger charge is -2.07. The van der Waals surface area contributed by atoms with Crippen molar-refractivity contribution >= 4 is 17.2 Å². The molecule has 0 atom stereocenters. The molecule has 1 aromatic carbocycles. The van der Waals surface area contributed by atoms with Gasteiger partial charge in [0.25, 0.3) is 5.69 Å². The van der Waals surface area contributed by atoms with Crippen LogP contribution in [0.2, 0.25) is 0 Å². The summed E-state index contributed by atoms with van der Waals surface area (Å²) in [5.41, 5.74) is 6.36. The number of rotatable bonds is 4. The number of nitro benzene ring substituents is 1. The molecule has 2 rings (SSSR count). The molecule has 0 fully saturated rings. The molecule has 8 heteroatoms. The van der Waals surface area contributed by atoms with E-state index in [-0.39, 0.29) is 17.9 Å². The first-order valence-corrected chi connectivity index (χ1v) is 5.43. The highest BCUT2D eigenvalue weighted by molar-refractivity contribution is 5.51. The molecule has 2 aromatic rings. The standard InChI is InChI=1S/C11H12FN5O2/c1-16-11(13)7(6-15-16)5-14-10-3-2-8(17(18)19)4-9(10)12/h2-4,6,14H,5,13H2,1H3. The quantitative estimate of drug-likeness (QED) is 0.647. The number of nitrogens with one attached hydrogen (secondary N) is 1. The van der Waals surface area contributed by atoms with E-state index in [2.05, 4.69) is 10.4 Å². The van der Waals surface area contributed by atoms with Gasteiger partial charge in [-0.05, 0) is 6.07 Å². The van der Waals surface area contributed by atoms with E-state index in [1.807, 2.05) is 0 Å². The first-order valence-electron chi connectivity index (χ1n) is 5.43. The average Bonchev–Trinajstić information content (AvgIpc) is 2.68. The van der Waals surface area contributed by atoms with Gasteiger partial charge >= 0.3 is 0 Å². The summed E-state index contributed by atoms with van der Waals surface area (Å²) in [5.74, 6) is -0.202. The second-order valence-corrected chi connectivity index (χ2v) is 3.95. The van der Waals surface area contributed by atoms with Crippen LogP contribution in [0.1, 0.15) is 5.56 Å². The maximum atomic E-state index is 13.6. The van der Waals surface area contributed by atoms with Crippen LogP contribution in [0, 0.1) is 15.9 Å². The van der Waals surface area contributed by atoms with Gasteiger partial charge < -0.3 is 11.1 Å². The van der Waals surface area contributed by atoms with Crippen LogP contribution in [-0.4, -0.2) is 14.7 Å². The van der Waals surface area contributed by atoms with Crippen molar-refractivity contribution in [3.63, 3.8) is 0 Å². The predicted octanol–water partition coefficient (Wildman–Crippen LogP) is 1.66. The van der Waals surface area contributed by atoms with E-state index < -0.39 is 10.7 Å². The number of hydrogen-bond donors (Lipinski definition) is 2.